The molecular weight excluding hydrogens is 262 g/mol. The van der Waals surface area contributed by atoms with Gasteiger partial charge in [-0.2, -0.15) is 0 Å². The number of benzene rings is 1. The van der Waals surface area contributed by atoms with Crippen molar-refractivity contribution >= 4 is 22.6 Å². The highest BCUT2D eigenvalue weighted by molar-refractivity contribution is 6.34. The van der Waals surface area contributed by atoms with E-state index >= 15 is 0 Å². The smallest absolute Gasteiger partial charge is 0.152 e. The maximum Gasteiger partial charge on any atom is 0.152 e. The SMILES string of the molecule is CCc1ccc(C(N)c2cc3cccc(Cl)c3o2)o1. The van der Waals surface area contributed by atoms with Crippen molar-refractivity contribution in [3.8, 4) is 0 Å². The lowest BCUT2D eigenvalue weighted by atomic mass is 10.1. The Morgan fingerprint density at radius 3 is 2.68 bits per heavy atom. The maximum atomic E-state index is 6.17. The van der Waals surface area contributed by atoms with Gasteiger partial charge in [-0.25, -0.2) is 0 Å². The van der Waals surface area contributed by atoms with Gasteiger partial charge in [-0.05, 0) is 24.3 Å². The summed E-state index contributed by atoms with van der Waals surface area (Å²) in [5.74, 6) is 2.27. The number of fused-ring (bicyclic) bond motifs is 1. The third-order valence-corrected chi connectivity index (χ3v) is 3.46. The van der Waals surface area contributed by atoms with Gasteiger partial charge in [0.2, 0.25) is 0 Å². The molecule has 0 radical (unpaired) electrons. The molecular formula is C15H14ClNO2. The Kier molecular flexibility index (Phi) is 3.09. The molecule has 3 rings (SSSR count). The first-order valence-electron chi connectivity index (χ1n) is 6.21. The van der Waals surface area contributed by atoms with Crippen molar-refractivity contribution in [1.82, 2.24) is 0 Å². The van der Waals surface area contributed by atoms with E-state index in [1.807, 2.05) is 37.3 Å². The topological polar surface area (TPSA) is 52.3 Å². The lowest BCUT2D eigenvalue weighted by molar-refractivity contribution is 0.424. The van der Waals surface area contributed by atoms with E-state index in [4.69, 9.17) is 26.2 Å². The van der Waals surface area contributed by atoms with Gasteiger partial charge in [0.25, 0.3) is 0 Å². The zero-order valence-corrected chi connectivity index (χ0v) is 11.3. The number of halogens is 1. The number of hydrogen-bond acceptors (Lipinski definition) is 3. The van der Waals surface area contributed by atoms with Crippen LogP contribution in [0.1, 0.15) is 30.2 Å². The predicted octanol–water partition coefficient (Wildman–Crippen LogP) is 4.29. The second kappa shape index (κ2) is 4.76. The summed E-state index contributed by atoms with van der Waals surface area (Å²) in [5, 5.41) is 1.53. The van der Waals surface area contributed by atoms with E-state index in [2.05, 4.69) is 0 Å². The zero-order valence-electron chi connectivity index (χ0n) is 10.5. The molecule has 0 amide bonds. The minimum atomic E-state index is -0.413. The van der Waals surface area contributed by atoms with Crippen LogP contribution in [-0.4, -0.2) is 0 Å². The van der Waals surface area contributed by atoms with Crippen molar-refractivity contribution in [2.24, 2.45) is 5.73 Å². The Bertz CT molecular complexity index is 714. The normalized spacial score (nSPS) is 13.0. The molecule has 0 spiro atoms. The molecule has 0 saturated carbocycles. The number of nitrogens with two attached hydrogens (primary N) is 1. The largest absolute Gasteiger partial charge is 0.464 e. The van der Waals surface area contributed by atoms with Crippen LogP contribution in [0.2, 0.25) is 5.02 Å². The quantitative estimate of drug-likeness (QED) is 0.776. The molecule has 3 aromatic rings. The number of rotatable bonds is 3. The summed E-state index contributed by atoms with van der Waals surface area (Å²) in [6, 6.07) is 10.9. The van der Waals surface area contributed by atoms with E-state index in [0.717, 1.165) is 17.6 Å². The fraction of sp³-hybridized carbons (Fsp3) is 0.200. The van der Waals surface area contributed by atoms with E-state index in [-0.39, 0.29) is 0 Å². The predicted molar refractivity (Wildman–Crippen MR) is 75.3 cm³/mol. The van der Waals surface area contributed by atoms with Crippen molar-refractivity contribution in [2.75, 3.05) is 0 Å². The van der Waals surface area contributed by atoms with Gasteiger partial charge in [-0.15, -0.1) is 0 Å². The third-order valence-electron chi connectivity index (χ3n) is 3.16. The molecule has 2 aromatic heterocycles. The summed E-state index contributed by atoms with van der Waals surface area (Å²) in [6.45, 7) is 2.04. The minimum Gasteiger partial charge on any atom is -0.464 e. The number of aryl methyl sites for hydroxylation is 1. The summed E-state index contributed by atoms with van der Waals surface area (Å²) in [5.41, 5.74) is 6.83. The molecule has 98 valence electrons. The maximum absolute atomic E-state index is 6.17. The summed E-state index contributed by atoms with van der Waals surface area (Å²) < 4.78 is 11.4. The van der Waals surface area contributed by atoms with Crippen LogP contribution < -0.4 is 5.73 Å². The summed E-state index contributed by atoms with van der Waals surface area (Å²) >= 11 is 6.09. The van der Waals surface area contributed by atoms with E-state index < -0.39 is 6.04 Å². The van der Waals surface area contributed by atoms with Crippen LogP contribution in [0.4, 0.5) is 0 Å². The fourth-order valence-corrected chi connectivity index (χ4v) is 2.31. The number of hydrogen-bond donors (Lipinski definition) is 1. The Morgan fingerprint density at radius 2 is 2.00 bits per heavy atom. The molecule has 0 aliphatic carbocycles. The van der Waals surface area contributed by atoms with Crippen molar-refractivity contribution < 1.29 is 8.83 Å². The molecule has 19 heavy (non-hydrogen) atoms. The monoisotopic (exact) mass is 275 g/mol. The van der Waals surface area contributed by atoms with Crippen molar-refractivity contribution in [1.29, 1.82) is 0 Å². The molecule has 1 aromatic carbocycles. The zero-order chi connectivity index (χ0) is 13.4. The van der Waals surface area contributed by atoms with Crippen LogP contribution in [0.3, 0.4) is 0 Å². The van der Waals surface area contributed by atoms with Crippen LogP contribution >= 0.6 is 11.6 Å². The molecule has 0 saturated heterocycles. The van der Waals surface area contributed by atoms with E-state index in [1.165, 1.54) is 0 Å². The first kappa shape index (κ1) is 12.3. The molecule has 0 aliphatic heterocycles. The van der Waals surface area contributed by atoms with Gasteiger partial charge in [0.1, 0.15) is 23.3 Å². The highest BCUT2D eigenvalue weighted by atomic mass is 35.5. The second-order valence-corrected chi connectivity index (χ2v) is 4.85. The summed E-state index contributed by atoms with van der Waals surface area (Å²) in [7, 11) is 0. The minimum absolute atomic E-state index is 0.413. The molecule has 0 aliphatic rings. The molecule has 0 fully saturated rings. The Balaban J connectivity index is 2.01. The van der Waals surface area contributed by atoms with Crippen LogP contribution in [0.15, 0.2) is 45.2 Å². The average Bonchev–Trinajstić information content (AvgIpc) is 3.05. The lowest BCUT2D eigenvalue weighted by Gasteiger charge is -2.04. The lowest BCUT2D eigenvalue weighted by Crippen LogP contribution is -2.09. The summed E-state index contributed by atoms with van der Waals surface area (Å²) in [4.78, 5) is 0. The van der Waals surface area contributed by atoms with Crippen LogP contribution in [-0.2, 0) is 6.42 Å². The molecule has 3 nitrogen and oxygen atoms in total. The molecule has 4 heteroatoms. The van der Waals surface area contributed by atoms with Crippen LogP contribution in [0, 0.1) is 0 Å². The third kappa shape index (κ3) is 2.15. The first-order valence-corrected chi connectivity index (χ1v) is 6.59. The van der Waals surface area contributed by atoms with Crippen molar-refractivity contribution in [3.63, 3.8) is 0 Å². The Morgan fingerprint density at radius 1 is 1.16 bits per heavy atom. The van der Waals surface area contributed by atoms with Crippen LogP contribution in [0.25, 0.3) is 11.0 Å². The van der Waals surface area contributed by atoms with Crippen molar-refractivity contribution in [2.45, 2.75) is 19.4 Å². The standard InChI is InChI=1S/C15H14ClNO2/c1-2-10-6-7-12(18-10)14(17)13-8-9-4-3-5-11(16)15(9)19-13/h3-8,14H,2,17H2,1H3. The first-order chi connectivity index (χ1) is 9.19. The average molecular weight is 276 g/mol. The van der Waals surface area contributed by atoms with E-state index in [1.54, 1.807) is 6.07 Å². The van der Waals surface area contributed by atoms with E-state index in [9.17, 15) is 0 Å². The second-order valence-electron chi connectivity index (χ2n) is 4.44. The van der Waals surface area contributed by atoms with E-state index in [0.29, 0.717) is 22.1 Å². The number of furan rings is 2. The van der Waals surface area contributed by atoms with Crippen molar-refractivity contribution in [3.05, 3.63) is 58.7 Å². The van der Waals surface area contributed by atoms with Gasteiger partial charge in [0.05, 0.1) is 5.02 Å². The Hall–Kier alpha value is -1.71. The molecule has 1 unspecified atom stereocenters. The molecule has 2 N–H and O–H groups in total. The highest BCUT2D eigenvalue weighted by Crippen LogP contribution is 2.31. The number of para-hydroxylation sites is 1. The highest BCUT2D eigenvalue weighted by Gasteiger charge is 2.18. The van der Waals surface area contributed by atoms with Gasteiger partial charge in [0.15, 0.2) is 5.58 Å². The van der Waals surface area contributed by atoms with Gasteiger partial charge in [-0.1, -0.05) is 30.7 Å². The van der Waals surface area contributed by atoms with Gasteiger partial charge < -0.3 is 14.6 Å². The van der Waals surface area contributed by atoms with Gasteiger partial charge in [-0.3, -0.25) is 0 Å². The molecule has 0 bridgehead atoms. The van der Waals surface area contributed by atoms with Gasteiger partial charge in [0, 0.05) is 11.8 Å². The van der Waals surface area contributed by atoms with Gasteiger partial charge >= 0.3 is 0 Å². The Labute approximate surface area is 115 Å². The fourth-order valence-electron chi connectivity index (χ4n) is 2.09. The molecule has 2 heterocycles. The molecule has 1 atom stereocenters. The summed E-state index contributed by atoms with van der Waals surface area (Å²) in [6.07, 6.45) is 0.846. The van der Waals surface area contributed by atoms with Crippen LogP contribution in [0.5, 0.6) is 0 Å².